The van der Waals surface area contributed by atoms with E-state index in [1.807, 2.05) is 37.3 Å². The summed E-state index contributed by atoms with van der Waals surface area (Å²) in [4.78, 5) is 40.0. The van der Waals surface area contributed by atoms with Gasteiger partial charge in [0.05, 0.1) is 25.7 Å². The van der Waals surface area contributed by atoms with Crippen molar-refractivity contribution < 1.29 is 34.1 Å². The van der Waals surface area contributed by atoms with E-state index in [0.29, 0.717) is 47.3 Å². The molecule has 2 aliphatic rings. The fraction of sp³-hybridized carbons (Fsp3) is 0.414. The molecule has 2 aromatic rings. The molecule has 0 saturated heterocycles. The third-order valence-corrected chi connectivity index (χ3v) is 7.03. The zero-order chi connectivity index (χ0) is 27.2. The molecule has 202 valence electrons. The largest absolute Gasteiger partial charge is 0.493 e. The van der Waals surface area contributed by atoms with Gasteiger partial charge < -0.3 is 29.9 Å². The molecule has 38 heavy (non-hydrogen) atoms. The Bertz CT molecular complexity index is 1200. The van der Waals surface area contributed by atoms with E-state index >= 15 is 0 Å². The number of carbonyl (C=O) groups excluding carboxylic acids is 3. The first-order valence-electron chi connectivity index (χ1n) is 12.9. The van der Waals surface area contributed by atoms with Gasteiger partial charge in [-0.05, 0) is 30.2 Å². The van der Waals surface area contributed by atoms with E-state index in [1.165, 1.54) is 13.2 Å². The standard InChI is InChI=1S/C29H34N2O7/c1-3-4-10-24(34)31(16-18-8-6-5-7-9-18)22-15-21(29(36)30-11-12-32)25-20-13-19(17-33)14-23(37-2)27(20)38-28(25)26(22)35/h5-9,13-15,17,22,25-26,28,32,35H,3-4,10-12,16H2,1-2H3,(H,30,36). The Hall–Kier alpha value is -3.69. The highest BCUT2D eigenvalue weighted by Gasteiger charge is 2.51. The molecule has 0 spiro atoms. The predicted octanol–water partition coefficient (Wildman–Crippen LogP) is 2.35. The molecule has 1 aliphatic carbocycles. The summed E-state index contributed by atoms with van der Waals surface area (Å²) < 4.78 is 11.7. The van der Waals surface area contributed by atoms with E-state index in [1.54, 1.807) is 17.0 Å². The second kappa shape index (κ2) is 12.2. The number of unbranched alkanes of at least 4 members (excludes halogenated alkanes) is 1. The average Bonchev–Trinajstić information content (AvgIpc) is 3.34. The number of rotatable bonds is 11. The van der Waals surface area contributed by atoms with Gasteiger partial charge in [-0.3, -0.25) is 14.4 Å². The molecular formula is C29H34N2O7. The third kappa shape index (κ3) is 5.44. The lowest BCUT2D eigenvalue weighted by Gasteiger charge is -2.41. The quantitative estimate of drug-likeness (QED) is 0.387. The van der Waals surface area contributed by atoms with Crippen molar-refractivity contribution in [2.24, 2.45) is 0 Å². The Balaban J connectivity index is 1.81. The van der Waals surface area contributed by atoms with Crippen LogP contribution >= 0.6 is 0 Å². The van der Waals surface area contributed by atoms with Crippen LogP contribution in [0.1, 0.15) is 53.6 Å². The number of benzene rings is 2. The smallest absolute Gasteiger partial charge is 0.247 e. The number of aliphatic hydroxyl groups excluding tert-OH is 2. The first kappa shape index (κ1) is 27.3. The normalized spacial score (nSPS) is 21.4. The Labute approximate surface area is 222 Å². The molecule has 3 N–H and O–H groups in total. The molecule has 0 bridgehead atoms. The maximum atomic E-state index is 13.4. The molecule has 4 atom stereocenters. The summed E-state index contributed by atoms with van der Waals surface area (Å²) in [5, 5.41) is 23.6. The number of ether oxygens (including phenoxy) is 2. The van der Waals surface area contributed by atoms with Crippen LogP contribution in [0.25, 0.3) is 0 Å². The summed E-state index contributed by atoms with van der Waals surface area (Å²) in [6.45, 7) is 2.04. The molecule has 0 aromatic heterocycles. The van der Waals surface area contributed by atoms with Crippen LogP contribution in [0, 0.1) is 0 Å². The minimum Gasteiger partial charge on any atom is -0.493 e. The second-order valence-corrected chi connectivity index (χ2v) is 9.51. The van der Waals surface area contributed by atoms with Crippen LogP contribution in [0.15, 0.2) is 54.1 Å². The number of carbonyl (C=O) groups is 3. The fourth-order valence-electron chi connectivity index (χ4n) is 5.17. The van der Waals surface area contributed by atoms with Crippen LogP contribution < -0.4 is 14.8 Å². The van der Waals surface area contributed by atoms with Crippen molar-refractivity contribution in [3.8, 4) is 11.5 Å². The number of methoxy groups -OCH3 is 1. The molecule has 9 heteroatoms. The van der Waals surface area contributed by atoms with Crippen molar-refractivity contribution in [3.63, 3.8) is 0 Å². The lowest BCUT2D eigenvalue weighted by molar-refractivity contribution is -0.138. The maximum Gasteiger partial charge on any atom is 0.247 e. The lowest BCUT2D eigenvalue weighted by atomic mass is 9.77. The van der Waals surface area contributed by atoms with Crippen LogP contribution in [0.5, 0.6) is 11.5 Å². The van der Waals surface area contributed by atoms with E-state index in [9.17, 15) is 24.6 Å². The van der Waals surface area contributed by atoms with Gasteiger partial charge in [-0.25, -0.2) is 0 Å². The predicted molar refractivity (Wildman–Crippen MR) is 140 cm³/mol. The first-order valence-corrected chi connectivity index (χ1v) is 12.9. The Morgan fingerprint density at radius 1 is 1.21 bits per heavy atom. The molecule has 1 aliphatic heterocycles. The molecule has 2 amide bonds. The van der Waals surface area contributed by atoms with E-state index in [4.69, 9.17) is 9.47 Å². The highest BCUT2D eigenvalue weighted by atomic mass is 16.5. The monoisotopic (exact) mass is 522 g/mol. The number of nitrogens with one attached hydrogen (secondary N) is 1. The van der Waals surface area contributed by atoms with Gasteiger partial charge in [0.2, 0.25) is 11.8 Å². The Kier molecular flexibility index (Phi) is 8.81. The number of hydrogen-bond acceptors (Lipinski definition) is 7. The fourth-order valence-corrected chi connectivity index (χ4v) is 5.17. The molecule has 0 radical (unpaired) electrons. The Morgan fingerprint density at radius 3 is 2.63 bits per heavy atom. The highest BCUT2D eigenvalue weighted by molar-refractivity contribution is 5.96. The second-order valence-electron chi connectivity index (χ2n) is 9.51. The van der Waals surface area contributed by atoms with Gasteiger partial charge >= 0.3 is 0 Å². The maximum absolute atomic E-state index is 13.4. The van der Waals surface area contributed by atoms with Crippen molar-refractivity contribution in [1.82, 2.24) is 10.2 Å². The molecular weight excluding hydrogens is 488 g/mol. The first-order chi connectivity index (χ1) is 18.4. The van der Waals surface area contributed by atoms with Crippen molar-refractivity contribution >= 4 is 18.1 Å². The van der Waals surface area contributed by atoms with Crippen molar-refractivity contribution in [2.75, 3.05) is 20.3 Å². The minimum atomic E-state index is -1.17. The van der Waals surface area contributed by atoms with Crippen molar-refractivity contribution in [1.29, 1.82) is 0 Å². The number of amides is 2. The molecule has 4 unspecified atom stereocenters. The molecule has 2 aromatic carbocycles. The Morgan fingerprint density at radius 2 is 1.97 bits per heavy atom. The minimum absolute atomic E-state index is 0.0371. The number of aliphatic hydroxyl groups is 2. The summed E-state index contributed by atoms with van der Waals surface area (Å²) in [6, 6.07) is 11.8. The highest BCUT2D eigenvalue weighted by Crippen LogP contribution is 2.51. The molecule has 0 saturated carbocycles. The van der Waals surface area contributed by atoms with Crippen LogP contribution in [0.4, 0.5) is 0 Å². The van der Waals surface area contributed by atoms with Gasteiger partial charge in [0, 0.05) is 36.2 Å². The topological polar surface area (TPSA) is 125 Å². The number of fused-ring (bicyclic) bond motifs is 3. The van der Waals surface area contributed by atoms with E-state index in [0.717, 1.165) is 12.0 Å². The van der Waals surface area contributed by atoms with Crippen LogP contribution in [0.3, 0.4) is 0 Å². The molecule has 9 nitrogen and oxygen atoms in total. The SMILES string of the molecule is CCCCC(=O)N(Cc1ccccc1)C1C=C(C(=O)NCCO)C2c3cc(C=O)cc(OC)c3OC2C1O. The molecule has 0 fully saturated rings. The number of hydrogen-bond donors (Lipinski definition) is 3. The van der Waals surface area contributed by atoms with Crippen molar-refractivity contribution in [3.05, 3.63) is 70.8 Å². The van der Waals surface area contributed by atoms with Crippen LogP contribution in [-0.2, 0) is 16.1 Å². The van der Waals surface area contributed by atoms with Gasteiger partial charge in [-0.1, -0.05) is 43.7 Å². The van der Waals surface area contributed by atoms with E-state index < -0.39 is 30.1 Å². The van der Waals surface area contributed by atoms with Crippen LogP contribution in [-0.4, -0.2) is 71.7 Å². The molecule has 1 heterocycles. The summed E-state index contributed by atoms with van der Waals surface area (Å²) in [7, 11) is 1.45. The summed E-state index contributed by atoms with van der Waals surface area (Å²) >= 11 is 0. The van der Waals surface area contributed by atoms with Gasteiger partial charge in [0.1, 0.15) is 18.5 Å². The van der Waals surface area contributed by atoms with Gasteiger partial charge in [0.25, 0.3) is 0 Å². The summed E-state index contributed by atoms with van der Waals surface area (Å²) in [5.41, 5.74) is 2.08. The average molecular weight is 523 g/mol. The summed E-state index contributed by atoms with van der Waals surface area (Å²) in [5.74, 6) is -0.619. The van der Waals surface area contributed by atoms with E-state index in [-0.39, 0.29) is 25.6 Å². The van der Waals surface area contributed by atoms with Gasteiger partial charge in [-0.15, -0.1) is 0 Å². The number of aldehydes is 1. The van der Waals surface area contributed by atoms with Crippen LogP contribution in [0.2, 0.25) is 0 Å². The lowest BCUT2D eigenvalue weighted by Crippen LogP contribution is -2.55. The third-order valence-electron chi connectivity index (χ3n) is 7.03. The van der Waals surface area contributed by atoms with E-state index in [2.05, 4.69) is 5.32 Å². The zero-order valence-electron chi connectivity index (χ0n) is 21.6. The van der Waals surface area contributed by atoms with Gasteiger partial charge in [-0.2, -0.15) is 0 Å². The summed E-state index contributed by atoms with van der Waals surface area (Å²) in [6.07, 6.45) is 2.08. The zero-order valence-corrected chi connectivity index (χ0v) is 21.6. The number of nitrogens with zero attached hydrogens (tertiary/aromatic N) is 1. The van der Waals surface area contributed by atoms with Crippen molar-refractivity contribution in [2.45, 2.75) is 56.9 Å². The molecule has 4 rings (SSSR count). The van der Waals surface area contributed by atoms with Gasteiger partial charge in [0.15, 0.2) is 11.5 Å².